The molecule has 0 spiro atoms. The van der Waals surface area contributed by atoms with Gasteiger partial charge in [-0.3, -0.25) is 11.3 Å². The molecule has 0 heterocycles. The van der Waals surface area contributed by atoms with Gasteiger partial charge in [-0.2, -0.15) is 0 Å². The van der Waals surface area contributed by atoms with E-state index in [4.69, 9.17) is 10.6 Å². The molecule has 0 aliphatic rings. The van der Waals surface area contributed by atoms with Crippen molar-refractivity contribution in [3.05, 3.63) is 42.5 Å². The van der Waals surface area contributed by atoms with Crippen LogP contribution >= 0.6 is 0 Å². The molecule has 0 aliphatic carbocycles. The van der Waals surface area contributed by atoms with E-state index in [1.54, 1.807) is 7.11 Å². The van der Waals surface area contributed by atoms with Gasteiger partial charge in [0.05, 0.1) is 7.11 Å². The van der Waals surface area contributed by atoms with Gasteiger partial charge in [-0.1, -0.05) is 18.2 Å². The van der Waals surface area contributed by atoms with Gasteiger partial charge in [0.2, 0.25) is 0 Å². The average Bonchev–Trinajstić information content (AvgIpc) is 2.31. The molecule has 15 heavy (non-hydrogen) atoms. The molecular weight excluding hydrogens is 188 g/mol. The van der Waals surface area contributed by atoms with Crippen LogP contribution in [0, 0.1) is 0 Å². The Labute approximate surface area is 90.9 Å². The minimum atomic E-state index is 0.175. The number of allylic oxidation sites excluding steroid dienone is 1. The van der Waals surface area contributed by atoms with Crippen molar-refractivity contribution in [1.29, 1.82) is 0 Å². The number of hydrazine groups is 1. The summed E-state index contributed by atoms with van der Waals surface area (Å²) in [6.45, 7) is 3.70. The fourth-order valence-electron chi connectivity index (χ4n) is 1.47. The number of hydrogen-bond acceptors (Lipinski definition) is 3. The predicted octanol–water partition coefficient (Wildman–Crippen LogP) is 2.17. The number of nitrogens with one attached hydrogen (secondary N) is 1. The second-order valence-corrected chi connectivity index (χ2v) is 3.36. The average molecular weight is 206 g/mol. The van der Waals surface area contributed by atoms with E-state index in [2.05, 4.69) is 12.0 Å². The molecule has 82 valence electrons. The predicted molar refractivity (Wildman–Crippen MR) is 62.5 cm³/mol. The first kappa shape index (κ1) is 11.8. The van der Waals surface area contributed by atoms with Gasteiger partial charge in [0.15, 0.2) is 0 Å². The summed E-state index contributed by atoms with van der Waals surface area (Å²) in [7, 11) is 1.66. The molecule has 3 nitrogen and oxygen atoms in total. The minimum Gasteiger partial charge on any atom is -0.497 e. The van der Waals surface area contributed by atoms with Gasteiger partial charge in [-0.25, -0.2) is 0 Å². The zero-order chi connectivity index (χ0) is 11.1. The summed E-state index contributed by atoms with van der Waals surface area (Å²) >= 11 is 0. The third kappa shape index (κ3) is 3.38. The van der Waals surface area contributed by atoms with E-state index in [1.165, 1.54) is 5.56 Å². The Morgan fingerprint density at radius 1 is 1.47 bits per heavy atom. The van der Waals surface area contributed by atoms with Gasteiger partial charge in [-0.15, -0.1) is 6.58 Å². The van der Waals surface area contributed by atoms with E-state index in [-0.39, 0.29) is 6.04 Å². The molecule has 0 aromatic heterocycles. The molecule has 1 aromatic carbocycles. The molecule has 0 bridgehead atoms. The standard InChI is InChI=1S/C12H18N2O/c1-3-4-5-12(14-13)10-6-8-11(15-2)9-7-10/h3,6-9,12,14H,1,4-5,13H2,2H3. The summed E-state index contributed by atoms with van der Waals surface area (Å²) in [5, 5.41) is 0. The highest BCUT2D eigenvalue weighted by molar-refractivity contribution is 5.29. The van der Waals surface area contributed by atoms with Gasteiger partial charge in [0, 0.05) is 6.04 Å². The zero-order valence-electron chi connectivity index (χ0n) is 9.07. The first-order valence-corrected chi connectivity index (χ1v) is 5.02. The summed E-state index contributed by atoms with van der Waals surface area (Å²) in [4.78, 5) is 0. The number of methoxy groups -OCH3 is 1. The van der Waals surface area contributed by atoms with Crippen LogP contribution in [0.25, 0.3) is 0 Å². The fourth-order valence-corrected chi connectivity index (χ4v) is 1.47. The van der Waals surface area contributed by atoms with Crippen molar-refractivity contribution in [2.75, 3.05) is 7.11 Å². The largest absolute Gasteiger partial charge is 0.497 e. The summed E-state index contributed by atoms with van der Waals surface area (Å²) < 4.78 is 5.10. The quantitative estimate of drug-likeness (QED) is 0.426. The van der Waals surface area contributed by atoms with Gasteiger partial charge in [-0.05, 0) is 30.5 Å². The number of nitrogens with two attached hydrogens (primary N) is 1. The molecule has 3 N–H and O–H groups in total. The van der Waals surface area contributed by atoms with Crippen LogP contribution in [0.3, 0.4) is 0 Å². The molecule has 1 rings (SSSR count). The molecule has 0 amide bonds. The van der Waals surface area contributed by atoms with Crippen molar-refractivity contribution in [1.82, 2.24) is 5.43 Å². The van der Waals surface area contributed by atoms with Crippen LogP contribution < -0.4 is 16.0 Å². The van der Waals surface area contributed by atoms with Crippen molar-refractivity contribution in [3.8, 4) is 5.75 Å². The van der Waals surface area contributed by atoms with Crippen LogP contribution in [0.15, 0.2) is 36.9 Å². The Hall–Kier alpha value is -1.32. The van der Waals surface area contributed by atoms with E-state index < -0.39 is 0 Å². The Morgan fingerprint density at radius 3 is 2.60 bits per heavy atom. The van der Waals surface area contributed by atoms with Crippen LogP contribution in [0.1, 0.15) is 24.4 Å². The highest BCUT2D eigenvalue weighted by Crippen LogP contribution is 2.20. The zero-order valence-corrected chi connectivity index (χ0v) is 9.07. The van der Waals surface area contributed by atoms with Gasteiger partial charge < -0.3 is 4.74 Å². The van der Waals surface area contributed by atoms with Gasteiger partial charge in [0.1, 0.15) is 5.75 Å². The molecule has 0 aliphatic heterocycles. The van der Waals surface area contributed by atoms with Gasteiger partial charge in [0.25, 0.3) is 0 Å². The monoisotopic (exact) mass is 206 g/mol. The molecular formula is C12H18N2O. The van der Waals surface area contributed by atoms with Crippen LogP contribution in [-0.2, 0) is 0 Å². The highest BCUT2D eigenvalue weighted by Gasteiger charge is 2.07. The number of hydrogen-bond donors (Lipinski definition) is 2. The molecule has 3 heteroatoms. The lowest BCUT2D eigenvalue weighted by molar-refractivity contribution is 0.414. The Kier molecular flexibility index (Phi) is 4.87. The second-order valence-electron chi connectivity index (χ2n) is 3.36. The maximum absolute atomic E-state index is 5.50. The van der Waals surface area contributed by atoms with Crippen molar-refractivity contribution in [3.63, 3.8) is 0 Å². The number of ether oxygens (including phenoxy) is 1. The Bertz CT molecular complexity index is 295. The van der Waals surface area contributed by atoms with Crippen molar-refractivity contribution in [2.45, 2.75) is 18.9 Å². The van der Waals surface area contributed by atoms with Gasteiger partial charge >= 0.3 is 0 Å². The van der Waals surface area contributed by atoms with E-state index in [0.717, 1.165) is 18.6 Å². The summed E-state index contributed by atoms with van der Waals surface area (Å²) in [6, 6.07) is 8.09. The fraction of sp³-hybridized carbons (Fsp3) is 0.333. The Morgan fingerprint density at radius 2 is 2.13 bits per heavy atom. The second kappa shape index (κ2) is 6.22. The highest BCUT2D eigenvalue weighted by atomic mass is 16.5. The van der Waals surface area contributed by atoms with E-state index in [1.807, 2.05) is 30.3 Å². The number of rotatable bonds is 6. The molecule has 1 unspecified atom stereocenters. The first-order valence-electron chi connectivity index (χ1n) is 5.02. The third-order valence-electron chi connectivity index (χ3n) is 2.38. The third-order valence-corrected chi connectivity index (χ3v) is 2.38. The van der Waals surface area contributed by atoms with Crippen molar-refractivity contribution in [2.24, 2.45) is 5.84 Å². The maximum atomic E-state index is 5.50. The normalized spacial score (nSPS) is 12.1. The molecule has 1 atom stereocenters. The van der Waals surface area contributed by atoms with Crippen LogP contribution in [0.2, 0.25) is 0 Å². The lowest BCUT2D eigenvalue weighted by atomic mass is 10.0. The summed E-state index contributed by atoms with van der Waals surface area (Å²) in [5.41, 5.74) is 3.97. The van der Waals surface area contributed by atoms with E-state index in [9.17, 15) is 0 Å². The number of benzene rings is 1. The molecule has 0 radical (unpaired) electrons. The van der Waals surface area contributed by atoms with Crippen LogP contribution in [-0.4, -0.2) is 7.11 Å². The SMILES string of the molecule is C=CCCC(NN)c1ccc(OC)cc1. The van der Waals surface area contributed by atoms with Crippen LogP contribution in [0.4, 0.5) is 0 Å². The topological polar surface area (TPSA) is 47.3 Å². The summed E-state index contributed by atoms with van der Waals surface area (Å²) in [5.74, 6) is 6.36. The first-order chi connectivity index (χ1) is 7.31. The maximum Gasteiger partial charge on any atom is 0.118 e. The van der Waals surface area contributed by atoms with Crippen molar-refractivity contribution >= 4 is 0 Å². The minimum absolute atomic E-state index is 0.175. The lowest BCUT2D eigenvalue weighted by Gasteiger charge is -2.15. The Balaban J connectivity index is 2.69. The molecule has 1 aromatic rings. The van der Waals surface area contributed by atoms with Crippen molar-refractivity contribution < 1.29 is 4.74 Å². The van der Waals surface area contributed by atoms with E-state index >= 15 is 0 Å². The van der Waals surface area contributed by atoms with E-state index in [0.29, 0.717) is 0 Å². The molecule has 0 saturated carbocycles. The van der Waals surface area contributed by atoms with Crippen LogP contribution in [0.5, 0.6) is 5.75 Å². The molecule has 0 fully saturated rings. The smallest absolute Gasteiger partial charge is 0.118 e. The lowest BCUT2D eigenvalue weighted by Crippen LogP contribution is -2.27. The summed E-state index contributed by atoms with van der Waals surface area (Å²) in [6.07, 6.45) is 3.79. The molecule has 0 saturated heterocycles.